The highest BCUT2D eigenvalue weighted by Crippen LogP contribution is 2.45. The molecule has 1 aliphatic carbocycles. The van der Waals surface area contributed by atoms with E-state index in [9.17, 15) is 4.39 Å². The number of ether oxygens (including phenoxy) is 1. The van der Waals surface area contributed by atoms with E-state index < -0.39 is 0 Å². The molecule has 0 amide bonds. The first-order valence-electron chi connectivity index (χ1n) is 8.26. The van der Waals surface area contributed by atoms with Crippen LogP contribution in [0.5, 0.6) is 0 Å². The number of halogens is 1. The van der Waals surface area contributed by atoms with Crippen LogP contribution in [0.15, 0.2) is 59.2 Å². The second-order valence-electron chi connectivity index (χ2n) is 6.21. The van der Waals surface area contributed by atoms with Crippen LogP contribution in [0.1, 0.15) is 44.7 Å². The molecule has 1 atom stereocenters. The molecule has 1 unspecified atom stereocenters. The predicted molar refractivity (Wildman–Crippen MR) is 93.5 cm³/mol. The quantitative estimate of drug-likeness (QED) is 0.676. The van der Waals surface area contributed by atoms with Crippen molar-refractivity contribution >= 4 is 5.76 Å². The summed E-state index contributed by atoms with van der Waals surface area (Å²) in [4.78, 5) is 0. The van der Waals surface area contributed by atoms with E-state index in [2.05, 4.69) is 33.4 Å². The molecule has 0 bridgehead atoms. The van der Waals surface area contributed by atoms with Gasteiger partial charge in [0.1, 0.15) is 17.7 Å². The highest BCUT2D eigenvalue weighted by Gasteiger charge is 2.33. The van der Waals surface area contributed by atoms with Gasteiger partial charge >= 0.3 is 0 Å². The van der Waals surface area contributed by atoms with E-state index in [4.69, 9.17) is 4.74 Å². The molecule has 0 fully saturated rings. The highest BCUT2D eigenvalue weighted by atomic mass is 19.1. The molecule has 1 nitrogen and oxygen atoms in total. The zero-order chi connectivity index (χ0) is 16.6. The van der Waals surface area contributed by atoms with Gasteiger partial charge in [0, 0.05) is 17.6 Å². The summed E-state index contributed by atoms with van der Waals surface area (Å²) in [5.74, 6) is 0.653. The second kappa shape index (κ2) is 6.19. The van der Waals surface area contributed by atoms with Gasteiger partial charge in [0.2, 0.25) is 0 Å². The minimum Gasteiger partial charge on any atom is -0.489 e. The molecule has 3 rings (SSSR count). The van der Waals surface area contributed by atoms with Gasteiger partial charge in [0.25, 0.3) is 0 Å². The highest BCUT2D eigenvalue weighted by molar-refractivity contribution is 5.77. The SMILES string of the molecule is C=C/C(C)=C1/Cc2ccc(F)cc2C2=C(CC(CC)O2)/C1=C/C. The fraction of sp³-hybridized carbons (Fsp3) is 0.333. The Morgan fingerprint density at radius 1 is 1.43 bits per heavy atom. The van der Waals surface area contributed by atoms with Gasteiger partial charge in [-0.2, -0.15) is 0 Å². The Hall–Kier alpha value is -2.09. The normalized spacial score (nSPS) is 24.0. The molecular formula is C21H23FO. The van der Waals surface area contributed by atoms with Gasteiger partial charge in [0.15, 0.2) is 0 Å². The van der Waals surface area contributed by atoms with Gasteiger partial charge in [-0.1, -0.05) is 31.7 Å². The van der Waals surface area contributed by atoms with Gasteiger partial charge in [-0.3, -0.25) is 0 Å². The lowest BCUT2D eigenvalue weighted by atomic mass is 9.89. The molecule has 1 heterocycles. The summed E-state index contributed by atoms with van der Waals surface area (Å²) in [6, 6.07) is 5.03. The Morgan fingerprint density at radius 3 is 2.87 bits per heavy atom. The van der Waals surface area contributed by atoms with Gasteiger partial charge in [-0.25, -0.2) is 4.39 Å². The topological polar surface area (TPSA) is 9.23 Å². The Kier molecular flexibility index (Phi) is 4.25. The summed E-state index contributed by atoms with van der Waals surface area (Å²) in [5, 5.41) is 0. The number of rotatable bonds is 2. The molecular weight excluding hydrogens is 287 g/mol. The molecule has 2 heteroatoms. The van der Waals surface area contributed by atoms with Crippen molar-refractivity contribution in [3.05, 3.63) is 76.2 Å². The smallest absolute Gasteiger partial charge is 0.131 e. The van der Waals surface area contributed by atoms with Gasteiger partial charge < -0.3 is 4.74 Å². The molecule has 0 saturated heterocycles. The van der Waals surface area contributed by atoms with Gasteiger partial charge in [-0.15, -0.1) is 0 Å². The van der Waals surface area contributed by atoms with E-state index in [1.165, 1.54) is 28.4 Å². The van der Waals surface area contributed by atoms with Crippen molar-refractivity contribution in [2.75, 3.05) is 0 Å². The standard InChI is InChI=1S/C21H23FO/c1-5-13(4)18-10-14-8-9-15(22)11-19(14)21-20(17(18)7-3)12-16(6-2)23-21/h5,7-9,11,16H,1,6,10,12H2,2-4H3/b17-7+,18-13-. The average molecular weight is 310 g/mol. The molecule has 1 aromatic carbocycles. The molecule has 0 aromatic heterocycles. The monoisotopic (exact) mass is 310 g/mol. The third kappa shape index (κ3) is 2.67. The maximum Gasteiger partial charge on any atom is 0.131 e. The van der Waals surface area contributed by atoms with Crippen LogP contribution in [0.2, 0.25) is 0 Å². The average Bonchev–Trinajstić information content (AvgIpc) is 2.94. The summed E-state index contributed by atoms with van der Waals surface area (Å²) in [6.45, 7) is 10.2. The van der Waals surface area contributed by atoms with E-state index in [0.29, 0.717) is 0 Å². The summed E-state index contributed by atoms with van der Waals surface area (Å²) >= 11 is 0. The largest absolute Gasteiger partial charge is 0.489 e. The van der Waals surface area contributed by atoms with Crippen molar-refractivity contribution in [1.29, 1.82) is 0 Å². The Morgan fingerprint density at radius 2 is 2.22 bits per heavy atom. The first-order valence-corrected chi connectivity index (χ1v) is 8.26. The summed E-state index contributed by atoms with van der Waals surface area (Å²) in [5.41, 5.74) is 6.89. The maximum atomic E-state index is 13.8. The van der Waals surface area contributed by atoms with E-state index in [1.807, 2.05) is 12.1 Å². The van der Waals surface area contributed by atoms with Crippen molar-refractivity contribution in [3.63, 3.8) is 0 Å². The first kappa shape index (κ1) is 15.8. The van der Waals surface area contributed by atoms with Crippen LogP contribution in [0.3, 0.4) is 0 Å². The fourth-order valence-electron chi connectivity index (χ4n) is 3.49. The predicted octanol–water partition coefficient (Wildman–Crippen LogP) is 5.74. The number of benzene rings is 1. The molecule has 2 aliphatic rings. The van der Waals surface area contributed by atoms with Crippen LogP contribution in [0.25, 0.3) is 5.76 Å². The van der Waals surface area contributed by atoms with Crippen LogP contribution in [0.4, 0.5) is 4.39 Å². The number of hydrogen-bond donors (Lipinski definition) is 0. The van der Waals surface area contributed by atoms with Crippen molar-refractivity contribution in [3.8, 4) is 0 Å². The van der Waals surface area contributed by atoms with Crippen LogP contribution in [-0.4, -0.2) is 6.10 Å². The second-order valence-corrected chi connectivity index (χ2v) is 6.21. The van der Waals surface area contributed by atoms with Crippen LogP contribution < -0.4 is 0 Å². The molecule has 0 radical (unpaired) electrons. The summed E-state index contributed by atoms with van der Waals surface area (Å²) < 4.78 is 20.0. The maximum absolute atomic E-state index is 13.8. The Labute approximate surface area is 137 Å². The van der Waals surface area contributed by atoms with E-state index in [1.54, 1.807) is 6.07 Å². The lowest BCUT2D eigenvalue weighted by molar-refractivity contribution is 0.186. The molecule has 0 saturated carbocycles. The zero-order valence-corrected chi connectivity index (χ0v) is 14.1. The third-order valence-electron chi connectivity index (χ3n) is 4.85. The van der Waals surface area contributed by atoms with Crippen molar-refractivity contribution < 1.29 is 9.13 Å². The zero-order valence-electron chi connectivity index (χ0n) is 14.1. The van der Waals surface area contributed by atoms with Crippen molar-refractivity contribution in [1.82, 2.24) is 0 Å². The first-order chi connectivity index (χ1) is 11.1. The fourth-order valence-corrected chi connectivity index (χ4v) is 3.49. The molecule has 120 valence electrons. The number of fused-ring (bicyclic) bond motifs is 2. The summed E-state index contributed by atoms with van der Waals surface area (Å²) in [6.07, 6.45) is 6.85. The third-order valence-corrected chi connectivity index (χ3v) is 4.85. The lowest BCUT2D eigenvalue weighted by Crippen LogP contribution is -2.07. The molecule has 1 aliphatic heterocycles. The van der Waals surface area contributed by atoms with Crippen LogP contribution in [0, 0.1) is 5.82 Å². The van der Waals surface area contributed by atoms with E-state index in [-0.39, 0.29) is 11.9 Å². The van der Waals surface area contributed by atoms with E-state index in [0.717, 1.165) is 36.1 Å². The molecule has 0 N–H and O–H groups in total. The van der Waals surface area contributed by atoms with Crippen LogP contribution in [-0.2, 0) is 11.2 Å². The van der Waals surface area contributed by atoms with Gasteiger partial charge in [0.05, 0.1) is 0 Å². The molecule has 1 aromatic rings. The van der Waals surface area contributed by atoms with Gasteiger partial charge in [-0.05, 0) is 61.1 Å². The molecule has 23 heavy (non-hydrogen) atoms. The lowest BCUT2D eigenvalue weighted by Gasteiger charge is -2.16. The minimum atomic E-state index is -0.214. The van der Waals surface area contributed by atoms with E-state index >= 15 is 0 Å². The Balaban J connectivity index is 2.27. The molecule has 0 spiro atoms. The number of allylic oxidation sites excluding steroid dienone is 5. The Bertz CT molecular complexity index is 749. The summed E-state index contributed by atoms with van der Waals surface area (Å²) in [7, 11) is 0. The van der Waals surface area contributed by atoms with Crippen LogP contribution >= 0.6 is 0 Å². The number of hydrogen-bond acceptors (Lipinski definition) is 1. The minimum absolute atomic E-state index is 0.175. The van der Waals surface area contributed by atoms with Crippen molar-refractivity contribution in [2.45, 2.75) is 46.1 Å². The van der Waals surface area contributed by atoms with Crippen molar-refractivity contribution in [2.24, 2.45) is 0 Å².